The zero-order valence-corrected chi connectivity index (χ0v) is 11.9. The van der Waals surface area contributed by atoms with Crippen molar-refractivity contribution in [1.29, 1.82) is 0 Å². The smallest absolute Gasteiger partial charge is 0.116 e. The largest absolute Gasteiger partial charge is 0.498 e. The van der Waals surface area contributed by atoms with E-state index in [1.54, 1.807) is 0 Å². The molecular weight excluding hydrogens is 224 g/mol. The Bertz CT molecular complexity index is 254. The molecule has 0 N–H and O–H groups in total. The highest BCUT2D eigenvalue weighted by Gasteiger charge is 2.30. The van der Waals surface area contributed by atoms with Crippen molar-refractivity contribution < 1.29 is 9.47 Å². The van der Waals surface area contributed by atoms with Gasteiger partial charge in [-0.15, -0.1) is 0 Å². The molecule has 0 radical (unpaired) electrons. The van der Waals surface area contributed by atoms with Gasteiger partial charge in [0.25, 0.3) is 0 Å². The predicted octanol–water partition coefficient (Wildman–Crippen LogP) is 4.59. The van der Waals surface area contributed by atoms with Crippen LogP contribution < -0.4 is 0 Å². The van der Waals surface area contributed by atoms with Crippen molar-refractivity contribution in [3.8, 4) is 0 Å². The number of allylic oxidation sites excluding steroid dienone is 1. The molecule has 0 spiro atoms. The summed E-state index contributed by atoms with van der Waals surface area (Å²) in [5, 5.41) is 0. The third-order valence-electron chi connectivity index (χ3n) is 4.42. The van der Waals surface area contributed by atoms with Crippen molar-refractivity contribution >= 4 is 0 Å². The van der Waals surface area contributed by atoms with Gasteiger partial charge in [0.1, 0.15) is 12.2 Å². The minimum absolute atomic E-state index is 0.0178. The van der Waals surface area contributed by atoms with Gasteiger partial charge >= 0.3 is 0 Å². The van der Waals surface area contributed by atoms with Gasteiger partial charge in [-0.3, -0.25) is 0 Å². The average molecular weight is 252 g/mol. The molecule has 2 nitrogen and oxygen atoms in total. The third-order valence-corrected chi connectivity index (χ3v) is 4.42. The molecule has 18 heavy (non-hydrogen) atoms. The van der Waals surface area contributed by atoms with Crippen LogP contribution in [0, 0.1) is 0 Å². The fourth-order valence-electron chi connectivity index (χ4n) is 3.02. The van der Waals surface area contributed by atoms with E-state index in [1.807, 2.05) is 6.26 Å². The lowest BCUT2D eigenvalue weighted by atomic mass is 9.92. The van der Waals surface area contributed by atoms with Crippen molar-refractivity contribution in [3.63, 3.8) is 0 Å². The lowest BCUT2D eigenvalue weighted by Gasteiger charge is -2.34. The molecule has 0 aromatic heterocycles. The van der Waals surface area contributed by atoms with Crippen LogP contribution in [0.1, 0.15) is 71.1 Å². The fourth-order valence-corrected chi connectivity index (χ4v) is 3.02. The third kappa shape index (κ3) is 4.01. The van der Waals surface area contributed by atoms with Gasteiger partial charge in [0.05, 0.1) is 6.26 Å². The van der Waals surface area contributed by atoms with Gasteiger partial charge in [0, 0.05) is 6.61 Å². The molecule has 104 valence electrons. The monoisotopic (exact) mass is 252 g/mol. The van der Waals surface area contributed by atoms with Crippen molar-refractivity contribution in [1.82, 2.24) is 0 Å². The number of ether oxygens (including phenoxy) is 2. The quantitative estimate of drug-likeness (QED) is 0.681. The molecule has 2 fully saturated rings. The first-order valence-electron chi connectivity index (χ1n) is 7.78. The molecule has 0 amide bonds. The SMILES string of the molecule is CCC1(COC=C2CCCC2)CCCCCCO1. The number of rotatable bonds is 4. The van der Waals surface area contributed by atoms with Gasteiger partial charge < -0.3 is 9.47 Å². The first-order valence-corrected chi connectivity index (χ1v) is 7.78. The molecule has 2 heteroatoms. The topological polar surface area (TPSA) is 18.5 Å². The Morgan fingerprint density at radius 1 is 1.11 bits per heavy atom. The molecule has 0 aromatic rings. The molecule has 0 bridgehead atoms. The summed E-state index contributed by atoms with van der Waals surface area (Å²) < 4.78 is 12.0. The first-order chi connectivity index (χ1) is 8.85. The molecule has 1 unspecified atom stereocenters. The van der Waals surface area contributed by atoms with Crippen LogP contribution in [0.15, 0.2) is 11.8 Å². The minimum atomic E-state index is -0.0178. The van der Waals surface area contributed by atoms with Gasteiger partial charge in [-0.25, -0.2) is 0 Å². The second-order valence-corrected chi connectivity index (χ2v) is 5.84. The van der Waals surface area contributed by atoms with Crippen molar-refractivity contribution in [3.05, 3.63) is 11.8 Å². The van der Waals surface area contributed by atoms with Gasteiger partial charge in [0.2, 0.25) is 0 Å². The second-order valence-electron chi connectivity index (χ2n) is 5.84. The summed E-state index contributed by atoms with van der Waals surface area (Å²) in [6.07, 6.45) is 14.6. The minimum Gasteiger partial charge on any atom is -0.498 e. The Labute approximate surface area is 112 Å². The maximum atomic E-state index is 6.13. The van der Waals surface area contributed by atoms with Gasteiger partial charge in [-0.1, -0.05) is 26.2 Å². The molecule has 1 saturated carbocycles. The molecule has 1 saturated heterocycles. The van der Waals surface area contributed by atoms with Crippen LogP contribution in [-0.2, 0) is 9.47 Å². The van der Waals surface area contributed by atoms with E-state index in [-0.39, 0.29) is 5.60 Å². The predicted molar refractivity (Wildman–Crippen MR) is 74.6 cm³/mol. The summed E-state index contributed by atoms with van der Waals surface area (Å²) in [6, 6.07) is 0. The van der Waals surface area contributed by atoms with E-state index >= 15 is 0 Å². The van der Waals surface area contributed by atoms with Crippen LogP contribution in [0.4, 0.5) is 0 Å². The molecule has 2 aliphatic rings. The molecule has 1 heterocycles. The van der Waals surface area contributed by atoms with E-state index in [9.17, 15) is 0 Å². The zero-order chi connectivity index (χ0) is 12.7. The second kappa shape index (κ2) is 7.18. The first kappa shape index (κ1) is 13.9. The summed E-state index contributed by atoms with van der Waals surface area (Å²) in [5.74, 6) is 0. The van der Waals surface area contributed by atoms with Crippen LogP contribution in [0.25, 0.3) is 0 Å². The fraction of sp³-hybridized carbons (Fsp3) is 0.875. The molecule has 0 aromatic carbocycles. The normalized spacial score (nSPS) is 29.7. The summed E-state index contributed by atoms with van der Waals surface area (Å²) in [4.78, 5) is 0. The standard InChI is InChI=1S/C16H28O2/c1-2-16(11-7-3-4-8-12-18-16)14-17-13-15-9-5-6-10-15/h13H,2-12,14H2,1H3. The summed E-state index contributed by atoms with van der Waals surface area (Å²) >= 11 is 0. The zero-order valence-electron chi connectivity index (χ0n) is 11.9. The summed E-state index contributed by atoms with van der Waals surface area (Å²) in [5.41, 5.74) is 1.47. The lowest BCUT2D eigenvalue weighted by molar-refractivity contribution is -0.0967. The van der Waals surface area contributed by atoms with Crippen LogP contribution >= 0.6 is 0 Å². The van der Waals surface area contributed by atoms with Crippen LogP contribution in [-0.4, -0.2) is 18.8 Å². The summed E-state index contributed by atoms with van der Waals surface area (Å²) in [7, 11) is 0. The Kier molecular flexibility index (Phi) is 5.55. The average Bonchev–Trinajstić information content (AvgIpc) is 2.85. The van der Waals surface area contributed by atoms with E-state index in [4.69, 9.17) is 9.47 Å². The summed E-state index contributed by atoms with van der Waals surface area (Å²) in [6.45, 7) is 3.88. The van der Waals surface area contributed by atoms with Crippen LogP contribution in [0.5, 0.6) is 0 Å². The van der Waals surface area contributed by atoms with Crippen molar-refractivity contribution in [2.24, 2.45) is 0 Å². The molecule has 1 aliphatic heterocycles. The maximum absolute atomic E-state index is 6.13. The molecule has 2 rings (SSSR count). The van der Waals surface area contributed by atoms with Crippen LogP contribution in [0.2, 0.25) is 0 Å². The van der Waals surface area contributed by atoms with E-state index < -0.39 is 0 Å². The Morgan fingerprint density at radius 3 is 2.67 bits per heavy atom. The Hall–Kier alpha value is -0.500. The van der Waals surface area contributed by atoms with Crippen molar-refractivity contribution in [2.75, 3.05) is 13.2 Å². The number of hydrogen-bond donors (Lipinski definition) is 0. The Balaban J connectivity index is 1.83. The van der Waals surface area contributed by atoms with E-state index in [0.29, 0.717) is 0 Å². The maximum Gasteiger partial charge on any atom is 0.116 e. The van der Waals surface area contributed by atoms with Crippen molar-refractivity contribution in [2.45, 2.75) is 76.7 Å². The van der Waals surface area contributed by atoms with E-state index in [2.05, 4.69) is 6.92 Å². The molecule has 1 aliphatic carbocycles. The highest BCUT2D eigenvalue weighted by molar-refractivity contribution is 5.02. The van der Waals surface area contributed by atoms with Crippen LogP contribution in [0.3, 0.4) is 0 Å². The lowest BCUT2D eigenvalue weighted by Crippen LogP contribution is -2.38. The van der Waals surface area contributed by atoms with Gasteiger partial charge in [-0.2, -0.15) is 0 Å². The molecular formula is C16H28O2. The number of hydrogen-bond acceptors (Lipinski definition) is 2. The highest BCUT2D eigenvalue weighted by Crippen LogP contribution is 2.28. The van der Waals surface area contributed by atoms with Gasteiger partial charge in [0.15, 0.2) is 0 Å². The highest BCUT2D eigenvalue weighted by atomic mass is 16.5. The molecule has 1 atom stereocenters. The van der Waals surface area contributed by atoms with E-state index in [0.717, 1.165) is 26.1 Å². The Morgan fingerprint density at radius 2 is 1.89 bits per heavy atom. The van der Waals surface area contributed by atoms with Gasteiger partial charge in [-0.05, 0) is 50.5 Å². The van der Waals surface area contributed by atoms with E-state index in [1.165, 1.54) is 56.9 Å².